The Bertz CT molecular complexity index is 1250. The maximum Gasteiger partial charge on any atom is 0.325 e. The molecule has 1 aliphatic rings. The summed E-state index contributed by atoms with van der Waals surface area (Å²) < 4.78 is 7.81. The molecule has 0 radical (unpaired) electrons. The molecule has 1 aromatic carbocycles. The Morgan fingerprint density at radius 1 is 1.23 bits per heavy atom. The number of hydrogen-bond donors (Lipinski definition) is 3. The number of halogens is 1. The maximum atomic E-state index is 12.1. The molecule has 3 amide bonds. The van der Waals surface area contributed by atoms with E-state index >= 15 is 0 Å². The van der Waals surface area contributed by atoms with Gasteiger partial charge in [-0.3, -0.25) is 10.1 Å². The molecule has 0 atom stereocenters. The highest BCUT2D eigenvalue weighted by molar-refractivity contribution is 9.10. The SMILES string of the molecule is CC(C)NCCOc1ccc2sc(-c3nc(NCCN4C(=O)NC(=O)C4(C)C)ncc3Br)cc2c1. The molecule has 1 aliphatic heterocycles. The molecular formula is C24H29BrN6O3S. The van der Waals surface area contributed by atoms with Crippen molar-refractivity contribution in [3.63, 3.8) is 0 Å². The number of hydrogen-bond acceptors (Lipinski definition) is 8. The van der Waals surface area contributed by atoms with E-state index in [1.54, 1.807) is 31.4 Å². The van der Waals surface area contributed by atoms with Crippen molar-refractivity contribution in [2.75, 3.05) is 31.6 Å². The minimum absolute atomic E-state index is 0.296. The molecule has 0 bridgehead atoms. The van der Waals surface area contributed by atoms with E-state index in [1.165, 1.54) is 4.90 Å². The third-order valence-electron chi connectivity index (χ3n) is 5.70. The summed E-state index contributed by atoms with van der Waals surface area (Å²) in [6.07, 6.45) is 1.71. The fourth-order valence-electron chi connectivity index (χ4n) is 3.72. The van der Waals surface area contributed by atoms with Crippen molar-refractivity contribution in [3.05, 3.63) is 34.9 Å². The van der Waals surface area contributed by atoms with Crippen LogP contribution in [0.25, 0.3) is 20.7 Å². The Kier molecular flexibility index (Phi) is 7.58. The standard InChI is InChI=1S/C24H29BrN6O3S/c1-14(2)26-8-10-34-16-5-6-18-15(11-16)12-19(35-18)20-17(25)13-28-22(29-20)27-7-9-31-23(33)30-21(32)24(31,3)4/h5-6,11-14,26H,7-10H2,1-4H3,(H,27,28,29)(H,30,32,33). The lowest BCUT2D eigenvalue weighted by atomic mass is 10.0. The number of carbonyl (C=O) groups is 2. The monoisotopic (exact) mass is 560 g/mol. The third-order valence-corrected chi connectivity index (χ3v) is 7.41. The molecule has 0 saturated carbocycles. The number of nitrogens with one attached hydrogen (secondary N) is 3. The molecule has 1 fully saturated rings. The summed E-state index contributed by atoms with van der Waals surface area (Å²) in [5.74, 6) is 0.991. The Morgan fingerprint density at radius 2 is 2.03 bits per heavy atom. The Labute approximate surface area is 216 Å². The largest absolute Gasteiger partial charge is 0.492 e. The number of urea groups is 1. The van der Waals surface area contributed by atoms with Crippen LogP contribution in [0.4, 0.5) is 10.7 Å². The molecule has 35 heavy (non-hydrogen) atoms. The summed E-state index contributed by atoms with van der Waals surface area (Å²) in [5, 5.41) is 9.95. The van der Waals surface area contributed by atoms with E-state index in [9.17, 15) is 9.59 Å². The van der Waals surface area contributed by atoms with E-state index < -0.39 is 5.54 Å². The average Bonchev–Trinajstić information content (AvgIpc) is 3.30. The third kappa shape index (κ3) is 5.74. The summed E-state index contributed by atoms with van der Waals surface area (Å²) in [4.78, 5) is 35.5. The number of benzene rings is 1. The predicted octanol–water partition coefficient (Wildman–Crippen LogP) is 4.24. The first-order chi connectivity index (χ1) is 16.6. The first-order valence-electron chi connectivity index (χ1n) is 11.4. The number of thiophene rings is 1. The summed E-state index contributed by atoms with van der Waals surface area (Å²) in [5.41, 5.74) is -0.101. The molecule has 0 unspecified atom stereocenters. The summed E-state index contributed by atoms with van der Waals surface area (Å²) in [6, 6.07) is 8.24. The van der Waals surface area contributed by atoms with Gasteiger partial charge in [0, 0.05) is 36.6 Å². The van der Waals surface area contributed by atoms with Crippen molar-refractivity contribution < 1.29 is 14.3 Å². The van der Waals surface area contributed by atoms with E-state index in [-0.39, 0.29) is 11.9 Å². The summed E-state index contributed by atoms with van der Waals surface area (Å²) in [6.45, 7) is 9.83. The van der Waals surface area contributed by atoms with E-state index in [0.29, 0.717) is 31.7 Å². The van der Waals surface area contributed by atoms with Crippen molar-refractivity contribution in [1.82, 2.24) is 25.5 Å². The maximum absolute atomic E-state index is 12.1. The first kappa shape index (κ1) is 25.3. The zero-order valence-electron chi connectivity index (χ0n) is 20.1. The molecular weight excluding hydrogens is 532 g/mol. The normalized spacial score (nSPS) is 15.2. The van der Waals surface area contributed by atoms with Gasteiger partial charge in [-0.05, 0) is 59.4 Å². The van der Waals surface area contributed by atoms with Gasteiger partial charge in [0.15, 0.2) is 0 Å². The van der Waals surface area contributed by atoms with Crippen molar-refractivity contribution >= 4 is 55.2 Å². The van der Waals surface area contributed by atoms with Crippen LogP contribution in [0.1, 0.15) is 27.7 Å². The van der Waals surface area contributed by atoms with Crippen molar-refractivity contribution in [2.45, 2.75) is 39.3 Å². The number of ether oxygens (including phenoxy) is 1. The van der Waals surface area contributed by atoms with Gasteiger partial charge < -0.3 is 20.3 Å². The molecule has 1 saturated heterocycles. The van der Waals surface area contributed by atoms with E-state index in [4.69, 9.17) is 4.74 Å². The van der Waals surface area contributed by atoms with Crippen LogP contribution in [-0.2, 0) is 4.79 Å². The number of aromatic nitrogens is 2. The molecule has 11 heteroatoms. The van der Waals surface area contributed by atoms with Gasteiger partial charge in [0.05, 0.1) is 9.35 Å². The van der Waals surface area contributed by atoms with Crippen LogP contribution in [0.5, 0.6) is 5.75 Å². The lowest BCUT2D eigenvalue weighted by molar-refractivity contribution is -0.125. The molecule has 0 spiro atoms. The van der Waals surface area contributed by atoms with Crippen LogP contribution in [-0.4, -0.2) is 64.6 Å². The quantitative estimate of drug-likeness (QED) is 0.251. The van der Waals surface area contributed by atoms with Crippen molar-refractivity contribution in [3.8, 4) is 16.3 Å². The molecule has 3 N–H and O–H groups in total. The van der Waals surface area contributed by atoms with Crippen molar-refractivity contribution in [1.29, 1.82) is 0 Å². The second-order valence-corrected chi connectivity index (χ2v) is 11.0. The van der Waals surface area contributed by atoms with Gasteiger partial charge in [0.1, 0.15) is 23.6 Å². The van der Waals surface area contributed by atoms with Gasteiger partial charge in [-0.25, -0.2) is 14.8 Å². The lowest BCUT2D eigenvalue weighted by Gasteiger charge is -2.27. The predicted molar refractivity (Wildman–Crippen MR) is 142 cm³/mol. The zero-order valence-corrected chi connectivity index (χ0v) is 22.5. The Balaban J connectivity index is 1.43. The van der Waals surface area contributed by atoms with E-state index in [2.05, 4.69) is 67.8 Å². The number of rotatable bonds is 10. The number of nitrogens with zero attached hydrogens (tertiary/aromatic N) is 3. The number of anilines is 1. The van der Waals surface area contributed by atoms with E-state index in [0.717, 1.165) is 37.4 Å². The first-order valence-corrected chi connectivity index (χ1v) is 13.1. The molecule has 4 rings (SSSR count). The van der Waals surface area contributed by atoms with Crippen LogP contribution >= 0.6 is 27.3 Å². The fourth-order valence-corrected chi connectivity index (χ4v) is 5.31. The molecule has 0 aliphatic carbocycles. The highest BCUT2D eigenvalue weighted by Gasteiger charge is 2.45. The van der Waals surface area contributed by atoms with Gasteiger partial charge in [0.2, 0.25) is 5.95 Å². The second-order valence-electron chi connectivity index (χ2n) is 9.05. The van der Waals surface area contributed by atoms with Gasteiger partial charge in [0.25, 0.3) is 5.91 Å². The fraction of sp³-hybridized carbons (Fsp3) is 0.417. The van der Waals surface area contributed by atoms with Gasteiger partial charge in [-0.1, -0.05) is 13.8 Å². The minimum Gasteiger partial charge on any atom is -0.492 e. The van der Waals surface area contributed by atoms with Crippen LogP contribution in [0.2, 0.25) is 0 Å². The topological polar surface area (TPSA) is 108 Å². The Morgan fingerprint density at radius 3 is 2.74 bits per heavy atom. The molecule has 186 valence electrons. The zero-order chi connectivity index (χ0) is 25.2. The van der Waals surface area contributed by atoms with Gasteiger partial charge >= 0.3 is 6.03 Å². The summed E-state index contributed by atoms with van der Waals surface area (Å²) >= 11 is 5.21. The number of fused-ring (bicyclic) bond motifs is 1. The summed E-state index contributed by atoms with van der Waals surface area (Å²) in [7, 11) is 0. The molecule has 3 aromatic rings. The molecule has 3 heterocycles. The van der Waals surface area contributed by atoms with Gasteiger partial charge in [-0.2, -0.15) is 0 Å². The average molecular weight is 562 g/mol. The van der Waals surface area contributed by atoms with Crippen LogP contribution in [0, 0.1) is 0 Å². The highest BCUT2D eigenvalue weighted by Crippen LogP contribution is 2.37. The second kappa shape index (κ2) is 10.5. The number of amides is 3. The molecule has 9 nitrogen and oxygen atoms in total. The van der Waals surface area contributed by atoms with Crippen molar-refractivity contribution in [2.24, 2.45) is 0 Å². The van der Waals surface area contributed by atoms with Gasteiger partial charge in [-0.15, -0.1) is 11.3 Å². The van der Waals surface area contributed by atoms with Crippen LogP contribution in [0.15, 0.2) is 34.9 Å². The number of imide groups is 1. The van der Waals surface area contributed by atoms with E-state index in [1.807, 2.05) is 12.1 Å². The van der Waals surface area contributed by atoms with Crippen LogP contribution in [0.3, 0.4) is 0 Å². The lowest BCUT2D eigenvalue weighted by Crippen LogP contribution is -2.46. The highest BCUT2D eigenvalue weighted by atomic mass is 79.9. The minimum atomic E-state index is -0.880. The Hall–Kier alpha value is -2.76. The number of carbonyl (C=O) groups excluding carboxylic acids is 2. The van der Waals surface area contributed by atoms with Crippen LogP contribution < -0.4 is 20.7 Å². The smallest absolute Gasteiger partial charge is 0.325 e. The molecule has 2 aromatic heterocycles.